The Morgan fingerprint density at radius 1 is 0.646 bits per heavy atom. The quantitative estimate of drug-likeness (QED) is 0.0804. The van der Waals surface area contributed by atoms with Crippen molar-refractivity contribution in [1.29, 1.82) is 0 Å². The Bertz CT molecular complexity index is 2180. The van der Waals surface area contributed by atoms with E-state index in [2.05, 4.69) is 26.6 Å². The van der Waals surface area contributed by atoms with Crippen molar-refractivity contribution in [1.82, 2.24) is 36.4 Å². The second kappa shape index (κ2) is 24.6. The molecule has 344 valence electrons. The standard InChI is InChI=1S/C52H65N7O6/c1-37(53-2)49(62)57-48(42-18-10-5-11-19-42)52(65)59-32-13-12-20-45(59)36-58(33-30-39-16-8-4-9-17-39)47(61)35-56-51(64)44-27-23-41(24-28-44)40-21-25-43(26-22-40)50(63)55-34-46(60)54-31-29-38-14-6-3-7-15-38/h3-4,6-9,14-17,21-28,37,42,45,48,53H,5,10-13,18-20,29-36H2,1-2H3,(H,54,60)(H,55,63)(H,56,64)(H,57,62)/t37-,45-,48-/m0/s1. The smallest absolute Gasteiger partial charge is 0.251 e. The number of nitrogens with zero attached hydrogens (tertiary/aromatic N) is 2. The molecule has 2 aliphatic rings. The first-order valence-corrected chi connectivity index (χ1v) is 23.3. The molecule has 3 atom stereocenters. The van der Waals surface area contributed by atoms with Crippen LogP contribution >= 0.6 is 0 Å². The molecule has 2 fully saturated rings. The van der Waals surface area contributed by atoms with E-state index in [0.717, 1.165) is 73.6 Å². The third-order valence-corrected chi connectivity index (χ3v) is 12.7. The molecular formula is C52H65N7O6. The fourth-order valence-corrected chi connectivity index (χ4v) is 8.71. The van der Waals surface area contributed by atoms with E-state index in [1.54, 1.807) is 43.1 Å². The number of benzene rings is 4. The van der Waals surface area contributed by atoms with E-state index < -0.39 is 12.1 Å². The van der Waals surface area contributed by atoms with Gasteiger partial charge in [-0.2, -0.15) is 0 Å². The van der Waals surface area contributed by atoms with E-state index in [9.17, 15) is 28.8 Å². The molecule has 5 N–H and O–H groups in total. The molecule has 6 rings (SSSR count). The Hall–Kier alpha value is -6.34. The average molecular weight is 884 g/mol. The highest BCUT2D eigenvalue weighted by Crippen LogP contribution is 2.30. The lowest BCUT2D eigenvalue weighted by Gasteiger charge is -2.42. The van der Waals surface area contributed by atoms with Gasteiger partial charge in [0.1, 0.15) is 6.04 Å². The zero-order valence-electron chi connectivity index (χ0n) is 37.9. The van der Waals surface area contributed by atoms with Gasteiger partial charge in [-0.3, -0.25) is 28.8 Å². The maximum absolute atomic E-state index is 14.5. The number of likely N-dealkylation sites (tertiary alicyclic amines) is 1. The van der Waals surface area contributed by atoms with Crippen molar-refractivity contribution in [2.45, 2.75) is 89.3 Å². The van der Waals surface area contributed by atoms with Crippen LogP contribution in [0.4, 0.5) is 0 Å². The average Bonchev–Trinajstić information content (AvgIpc) is 3.35. The number of nitrogens with one attached hydrogen (secondary N) is 5. The number of carbonyl (C=O) groups excluding carboxylic acids is 6. The molecule has 65 heavy (non-hydrogen) atoms. The molecule has 1 aliphatic heterocycles. The number of amides is 6. The minimum atomic E-state index is -0.619. The van der Waals surface area contributed by atoms with Gasteiger partial charge < -0.3 is 36.4 Å². The van der Waals surface area contributed by atoms with E-state index in [0.29, 0.717) is 50.1 Å². The lowest BCUT2D eigenvalue weighted by molar-refractivity contribution is -0.143. The summed E-state index contributed by atoms with van der Waals surface area (Å²) in [6.07, 6.45) is 8.81. The SMILES string of the molecule is CN[C@@H](C)C(=O)N[C@H](C(=O)N1CCCC[C@H]1CN(CCc1ccccc1)C(=O)CNC(=O)c1ccc(-c2ccc(C(=O)NCC(=O)NCCc3ccccc3)cc2)cc1)C1CCCCC1. The van der Waals surface area contributed by atoms with E-state index in [4.69, 9.17) is 0 Å². The monoisotopic (exact) mass is 883 g/mol. The van der Waals surface area contributed by atoms with Crippen molar-refractivity contribution < 1.29 is 28.8 Å². The highest BCUT2D eigenvalue weighted by molar-refractivity contribution is 5.98. The van der Waals surface area contributed by atoms with Crippen LogP contribution in [-0.2, 0) is 32.0 Å². The van der Waals surface area contributed by atoms with Gasteiger partial charge in [0.2, 0.25) is 23.6 Å². The van der Waals surface area contributed by atoms with Gasteiger partial charge in [0.25, 0.3) is 11.8 Å². The zero-order valence-corrected chi connectivity index (χ0v) is 37.9. The van der Waals surface area contributed by atoms with Crippen LogP contribution in [0.15, 0.2) is 109 Å². The van der Waals surface area contributed by atoms with Gasteiger partial charge >= 0.3 is 0 Å². The third kappa shape index (κ3) is 14.3. The van der Waals surface area contributed by atoms with Crippen LogP contribution in [0.2, 0.25) is 0 Å². The molecule has 13 heteroatoms. The van der Waals surface area contributed by atoms with Gasteiger partial charge in [0.15, 0.2) is 0 Å². The molecule has 0 unspecified atom stereocenters. The lowest BCUT2D eigenvalue weighted by Crippen LogP contribution is -2.60. The molecule has 1 aliphatic carbocycles. The lowest BCUT2D eigenvalue weighted by atomic mass is 9.82. The minimum absolute atomic E-state index is 0.0636. The van der Waals surface area contributed by atoms with Crippen molar-refractivity contribution in [3.8, 4) is 11.1 Å². The largest absolute Gasteiger partial charge is 0.354 e. The summed E-state index contributed by atoms with van der Waals surface area (Å²) in [5, 5.41) is 14.4. The van der Waals surface area contributed by atoms with E-state index in [1.807, 2.05) is 89.8 Å². The number of carbonyl (C=O) groups is 6. The second-order valence-electron chi connectivity index (χ2n) is 17.3. The van der Waals surface area contributed by atoms with Crippen molar-refractivity contribution in [3.05, 3.63) is 131 Å². The number of rotatable bonds is 20. The summed E-state index contributed by atoms with van der Waals surface area (Å²) in [6.45, 7) is 3.23. The van der Waals surface area contributed by atoms with E-state index in [1.165, 1.54) is 0 Å². The first-order chi connectivity index (χ1) is 31.6. The number of hydrogen-bond acceptors (Lipinski definition) is 7. The Labute approximate surface area is 383 Å². The summed E-state index contributed by atoms with van der Waals surface area (Å²) < 4.78 is 0. The summed E-state index contributed by atoms with van der Waals surface area (Å²) in [4.78, 5) is 83.9. The van der Waals surface area contributed by atoms with E-state index in [-0.39, 0.29) is 60.5 Å². The maximum Gasteiger partial charge on any atom is 0.251 e. The summed E-state index contributed by atoms with van der Waals surface area (Å²) in [5.41, 5.74) is 4.69. The minimum Gasteiger partial charge on any atom is -0.354 e. The molecular weight excluding hydrogens is 819 g/mol. The van der Waals surface area contributed by atoms with Gasteiger partial charge in [-0.25, -0.2) is 0 Å². The zero-order chi connectivity index (χ0) is 46.0. The van der Waals surface area contributed by atoms with Crippen LogP contribution in [0.5, 0.6) is 0 Å². The number of piperidine rings is 1. The summed E-state index contributed by atoms with van der Waals surface area (Å²) in [7, 11) is 1.73. The predicted molar refractivity (Wildman–Crippen MR) is 253 cm³/mol. The van der Waals surface area contributed by atoms with Crippen LogP contribution in [0.1, 0.15) is 90.1 Å². The molecule has 0 spiro atoms. The van der Waals surface area contributed by atoms with Crippen molar-refractivity contribution in [2.75, 3.05) is 46.3 Å². The Balaban J connectivity index is 1.04. The molecule has 0 radical (unpaired) electrons. The first-order valence-electron chi connectivity index (χ1n) is 23.3. The topological polar surface area (TPSA) is 169 Å². The third-order valence-electron chi connectivity index (χ3n) is 12.7. The molecule has 4 aromatic rings. The second-order valence-corrected chi connectivity index (χ2v) is 17.3. The Morgan fingerprint density at radius 3 is 1.78 bits per heavy atom. The van der Waals surface area contributed by atoms with Crippen LogP contribution < -0.4 is 26.6 Å². The van der Waals surface area contributed by atoms with Crippen molar-refractivity contribution >= 4 is 35.4 Å². The van der Waals surface area contributed by atoms with E-state index >= 15 is 0 Å². The van der Waals surface area contributed by atoms with Crippen molar-refractivity contribution in [3.63, 3.8) is 0 Å². The molecule has 0 aromatic heterocycles. The van der Waals surface area contributed by atoms with Gasteiger partial charge in [-0.1, -0.05) is 104 Å². The van der Waals surface area contributed by atoms with Crippen LogP contribution in [0.25, 0.3) is 11.1 Å². The van der Waals surface area contributed by atoms with Crippen LogP contribution in [0.3, 0.4) is 0 Å². The normalized spacial score (nSPS) is 16.1. The molecule has 4 aromatic carbocycles. The molecule has 1 saturated heterocycles. The molecule has 1 saturated carbocycles. The fourth-order valence-electron chi connectivity index (χ4n) is 8.71. The predicted octanol–water partition coefficient (Wildman–Crippen LogP) is 5.30. The van der Waals surface area contributed by atoms with Crippen LogP contribution in [-0.4, -0.2) is 110 Å². The molecule has 13 nitrogen and oxygen atoms in total. The van der Waals surface area contributed by atoms with Crippen molar-refractivity contribution in [2.24, 2.45) is 5.92 Å². The Kier molecular flexibility index (Phi) is 18.2. The summed E-state index contributed by atoms with van der Waals surface area (Å²) >= 11 is 0. The van der Waals surface area contributed by atoms with Gasteiger partial charge in [0.05, 0.1) is 19.1 Å². The van der Waals surface area contributed by atoms with Gasteiger partial charge in [-0.15, -0.1) is 0 Å². The number of likely N-dealkylation sites (N-methyl/N-ethyl adjacent to an activating group) is 1. The Morgan fingerprint density at radius 2 is 1.20 bits per heavy atom. The van der Waals surface area contributed by atoms with Gasteiger partial charge in [0, 0.05) is 43.3 Å². The molecule has 0 bridgehead atoms. The first kappa shape index (κ1) is 48.1. The highest BCUT2D eigenvalue weighted by atomic mass is 16.2. The van der Waals surface area contributed by atoms with Gasteiger partial charge in [-0.05, 0) is 111 Å². The summed E-state index contributed by atoms with van der Waals surface area (Å²) in [6, 6.07) is 32.5. The maximum atomic E-state index is 14.5. The van der Waals surface area contributed by atoms with Crippen LogP contribution in [0, 0.1) is 5.92 Å². The summed E-state index contributed by atoms with van der Waals surface area (Å²) in [5.74, 6) is -1.45. The number of hydrogen-bond donors (Lipinski definition) is 5. The highest BCUT2D eigenvalue weighted by Gasteiger charge is 2.38. The fraction of sp³-hybridized carbons (Fsp3) is 0.423. The molecule has 6 amide bonds. The molecule has 1 heterocycles.